The maximum absolute atomic E-state index is 13.0. The van der Waals surface area contributed by atoms with Gasteiger partial charge < -0.3 is 9.67 Å². The summed E-state index contributed by atoms with van der Waals surface area (Å²) in [5.41, 5.74) is -0.586. The number of hydrogen-bond donors (Lipinski definition) is 1. The van der Waals surface area contributed by atoms with Crippen LogP contribution in [0.3, 0.4) is 0 Å². The number of halogens is 3. The molecule has 3 nitrogen and oxygen atoms in total. The standard InChI is InChI=1S/C11H9F3N2OS/c12-11(13,14)8-1-7(17)2-9-10(8)16(5-15-9)6-3-18-4-6/h1-2,5-6,17H,3-4H2. The first-order valence-corrected chi connectivity index (χ1v) is 6.47. The summed E-state index contributed by atoms with van der Waals surface area (Å²) in [7, 11) is 0. The molecule has 7 heteroatoms. The molecule has 18 heavy (non-hydrogen) atoms. The summed E-state index contributed by atoms with van der Waals surface area (Å²) in [6, 6.07) is 2.07. The third kappa shape index (κ3) is 1.73. The van der Waals surface area contributed by atoms with Crippen LogP contribution in [-0.4, -0.2) is 26.2 Å². The van der Waals surface area contributed by atoms with Crippen LogP contribution in [0.5, 0.6) is 5.75 Å². The second kappa shape index (κ2) is 3.81. The van der Waals surface area contributed by atoms with Crippen molar-refractivity contribution in [1.29, 1.82) is 0 Å². The maximum atomic E-state index is 13.0. The van der Waals surface area contributed by atoms with Gasteiger partial charge in [0.2, 0.25) is 0 Å². The van der Waals surface area contributed by atoms with Gasteiger partial charge in [0, 0.05) is 17.6 Å². The molecule has 0 atom stereocenters. The second-order valence-corrected chi connectivity index (χ2v) is 5.28. The summed E-state index contributed by atoms with van der Waals surface area (Å²) in [5, 5.41) is 9.34. The smallest absolute Gasteiger partial charge is 0.418 e. The van der Waals surface area contributed by atoms with Crippen molar-refractivity contribution in [3.05, 3.63) is 24.0 Å². The molecule has 96 valence electrons. The highest BCUT2D eigenvalue weighted by Crippen LogP contribution is 2.40. The van der Waals surface area contributed by atoms with Crippen LogP contribution in [-0.2, 0) is 6.18 Å². The zero-order valence-electron chi connectivity index (χ0n) is 9.11. The number of imidazole rings is 1. The minimum atomic E-state index is -4.49. The van der Waals surface area contributed by atoms with Crippen molar-refractivity contribution in [2.24, 2.45) is 0 Å². The van der Waals surface area contributed by atoms with Crippen LogP contribution < -0.4 is 0 Å². The van der Waals surface area contributed by atoms with E-state index in [0.717, 1.165) is 17.6 Å². The fraction of sp³-hybridized carbons (Fsp3) is 0.364. The number of phenols is 1. The van der Waals surface area contributed by atoms with E-state index >= 15 is 0 Å². The van der Waals surface area contributed by atoms with E-state index in [0.29, 0.717) is 0 Å². The van der Waals surface area contributed by atoms with E-state index in [4.69, 9.17) is 0 Å². The highest BCUT2D eigenvalue weighted by molar-refractivity contribution is 8.00. The quantitative estimate of drug-likeness (QED) is 0.868. The van der Waals surface area contributed by atoms with Crippen LogP contribution in [0.25, 0.3) is 11.0 Å². The van der Waals surface area contributed by atoms with Gasteiger partial charge in [-0.15, -0.1) is 0 Å². The highest BCUT2D eigenvalue weighted by atomic mass is 32.2. The fourth-order valence-electron chi connectivity index (χ4n) is 2.03. The van der Waals surface area contributed by atoms with Gasteiger partial charge >= 0.3 is 6.18 Å². The first-order chi connectivity index (χ1) is 8.47. The van der Waals surface area contributed by atoms with Crippen LogP contribution in [0.1, 0.15) is 11.6 Å². The van der Waals surface area contributed by atoms with Crippen molar-refractivity contribution in [3.63, 3.8) is 0 Å². The molecule has 1 aliphatic rings. The summed E-state index contributed by atoms with van der Waals surface area (Å²) < 4.78 is 40.5. The molecule has 0 bridgehead atoms. The molecule has 1 fully saturated rings. The fourth-order valence-corrected chi connectivity index (χ4v) is 2.80. The van der Waals surface area contributed by atoms with E-state index in [1.807, 2.05) is 0 Å². The minimum Gasteiger partial charge on any atom is -0.508 e. The third-order valence-electron chi connectivity index (χ3n) is 2.97. The topological polar surface area (TPSA) is 38.1 Å². The van der Waals surface area contributed by atoms with Gasteiger partial charge in [0.25, 0.3) is 0 Å². The van der Waals surface area contributed by atoms with E-state index in [9.17, 15) is 18.3 Å². The van der Waals surface area contributed by atoms with Crippen LogP contribution in [0.2, 0.25) is 0 Å². The molecule has 0 amide bonds. The predicted molar refractivity (Wildman–Crippen MR) is 62.8 cm³/mol. The Morgan fingerprint density at radius 3 is 2.61 bits per heavy atom. The molecule has 3 rings (SSSR count). The Balaban J connectivity index is 2.27. The van der Waals surface area contributed by atoms with Crippen molar-refractivity contribution in [2.45, 2.75) is 12.2 Å². The van der Waals surface area contributed by atoms with Gasteiger partial charge in [-0.25, -0.2) is 4.98 Å². The van der Waals surface area contributed by atoms with Gasteiger partial charge in [0.1, 0.15) is 5.75 Å². The average Bonchev–Trinajstić information content (AvgIpc) is 2.56. The Morgan fingerprint density at radius 1 is 1.33 bits per heavy atom. The molecule has 1 aromatic heterocycles. The SMILES string of the molecule is Oc1cc(C(F)(F)F)c2c(c1)ncn2C1CSC1. The molecule has 0 unspecified atom stereocenters. The number of thioether (sulfide) groups is 1. The molecule has 1 aromatic carbocycles. The van der Waals surface area contributed by atoms with Crippen LogP contribution in [0, 0.1) is 0 Å². The molecular weight excluding hydrogens is 265 g/mol. The monoisotopic (exact) mass is 274 g/mol. The summed E-state index contributed by atoms with van der Waals surface area (Å²) in [5.74, 6) is 1.18. The van der Waals surface area contributed by atoms with Crippen molar-refractivity contribution >= 4 is 22.8 Å². The minimum absolute atomic E-state index is 0.0607. The second-order valence-electron chi connectivity index (χ2n) is 4.20. The Hall–Kier alpha value is -1.37. The lowest BCUT2D eigenvalue weighted by Gasteiger charge is -2.27. The lowest BCUT2D eigenvalue weighted by Crippen LogP contribution is -2.23. The van der Waals surface area contributed by atoms with Crippen molar-refractivity contribution in [1.82, 2.24) is 9.55 Å². The zero-order chi connectivity index (χ0) is 12.9. The highest BCUT2D eigenvalue weighted by Gasteiger charge is 2.36. The molecule has 0 aliphatic carbocycles. The number of phenolic OH excluding ortho intramolecular Hbond substituents is 1. The number of benzene rings is 1. The van der Waals surface area contributed by atoms with Gasteiger partial charge in [-0.05, 0) is 6.07 Å². The van der Waals surface area contributed by atoms with E-state index in [1.54, 1.807) is 16.3 Å². The lowest BCUT2D eigenvalue weighted by atomic mass is 10.1. The molecule has 2 aromatic rings. The van der Waals surface area contributed by atoms with E-state index in [-0.39, 0.29) is 17.1 Å². The maximum Gasteiger partial charge on any atom is 0.418 e. The molecule has 2 heterocycles. The molecular formula is C11H9F3N2OS. The molecule has 1 N–H and O–H groups in total. The van der Waals surface area contributed by atoms with E-state index < -0.39 is 17.5 Å². The van der Waals surface area contributed by atoms with Crippen molar-refractivity contribution in [3.8, 4) is 5.75 Å². The van der Waals surface area contributed by atoms with Gasteiger partial charge in [-0.3, -0.25) is 0 Å². The Kier molecular flexibility index (Phi) is 2.48. The Bertz CT molecular complexity index is 604. The van der Waals surface area contributed by atoms with E-state index in [1.165, 1.54) is 12.4 Å². The summed E-state index contributed by atoms with van der Waals surface area (Å²) in [6.45, 7) is 0. The van der Waals surface area contributed by atoms with E-state index in [2.05, 4.69) is 4.98 Å². The molecule has 0 saturated carbocycles. The van der Waals surface area contributed by atoms with Gasteiger partial charge in [-0.2, -0.15) is 24.9 Å². The number of nitrogens with zero attached hydrogens (tertiary/aromatic N) is 2. The number of aromatic hydroxyl groups is 1. The average molecular weight is 274 g/mol. The molecule has 0 radical (unpaired) electrons. The third-order valence-corrected chi connectivity index (χ3v) is 4.21. The number of alkyl halides is 3. The van der Waals surface area contributed by atoms with Gasteiger partial charge in [0.15, 0.2) is 0 Å². The van der Waals surface area contributed by atoms with Crippen molar-refractivity contribution in [2.75, 3.05) is 11.5 Å². The molecule has 1 aliphatic heterocycles. The zero-order valence-corrected chi connectivity index (χ0v) is 9.92. The largest absolute Gasteiger partial charge is 0.508 e. The van der Waals surface area contributed by atoms with Crippen LogP contribution in [0.15, 0.2) is 18.5 Å². The predicted octanol–water partition coefficient (Wildman–Crippen LogP) is 3.05. The van der Waals surface area contributed by atoms with Crippen molar-refractivity contribution < 1.29 is 18.3 Å². The summed E-state index contributed by atoms with van der Waals surface area (Å²) in [6.07, 6.45) is -3.07. The summed E-state index contributed by atoms with van der Waals surface area (Å²) in [4.78, 5) is 3.95. The van der Waals surface area contributed by atoms with Gasteiger partial charge in [-0.1, -0.05) is 0 Å². The molecule has 0 spiro atoms. The van der Waals surface area contributed by atoms with Crippen LogP contribution in [0.4, 0.5) is 13.2 Å². The summed E-state index contributed by atoms with van der Waals surface area (Å²) >= 11 is 1.69. The number of rotatable bonds is 1. The number of fused-ring (bicyclic) bond motifs is 1. The van der Waals surface area contributed by atoms with Crippen LogP contribution >= 0.6 is 11.8 Å². The number of hydrogen-bond acceptors (Lipinski definition) is 3. The van der Waals surface area contributed by atoms with Gasteiger partial charge in [0.05, 0.1) is 29.0 Å². The Labute approximate surface area is 105 Å². The molecule has 1 saturated heterocycles. The first kappa shape index (κ1) is 11.7. The Morgan fingerprint density at radius 2 is 2.06 bits per heavy atom. The number of aromatic nitrogens is 2. The normalized spacial score (nSPS) is 17.1. The lowest BCUT2D eigenvalue weighted by molar-refractivity contribution is -0.136. The first-order valence-electron chi connectivity index (χ1n) is 5.31.